The first-order valence-corrected chi connectivity index (χ1v) is 6.99. The fourth-order valence-corrected chi connectivity index (χ4v) is 2.44. The van der Waals surface area contributed by atoms with Crippen LogP contribution in [0.3, 0.4) is 0 Å². The molecule has 0 N–H and O–H groups in total. The topological polar surface area (TPSA) is 48.3 Å². The van der Waals surface area contributed by atoms with Gasteiger partial charge < -0.3 is 9.30 Å². The van der Waals surface area contributed by atoms with Gasteiger partial charge in [-0.3, -0.25) is 4.79 Å². The molecule has 1 atom stereocenters. The predicted octanol–water partition coefficient (Wildman–Crippen LogP) is 3.15. The Bertz CT molecular complexity index is 725. The van der Waals surface area contributed by atoms with Crippen molar-refractivity contribution >= 4 is 21.9 Å². The lowest BCUT2D eigenvalue weighted by Gasteiger charge is -2.17. The van der Waals surface area contributed by atoms with Crippen molar-refractivity contribution < 1.29 is 13.9 Å². The summed E-state index contributed by atoms with van der Waals surface area (Å²) in [5.41, 5.74) is 0.741. The number of nitrogens with zero attached hydrogens (tertiary/aromatic N) is 1. The Morgan fingerprint density at radius 1 is 1.33 bits per heavy atom. The highest BCUT2D eigenvalue weighted by Gasteiger charge is 2.16. The number of methoxy groups -OCH3 is 1. The predicted molar refractivity (Wildman–Crippen MR) is 80.0 cm³/mol. The lowest BCUT2D eigenvalue weighted by Crippen LogP contribution is -2.25. The zero-order chi connectivity index (χ0) is 15.6. The number of carbonyl (C=O) groups excluding carboxylic acids is 1. The van der Waals surface area contributed by atoms with Crippen LogP contribution in [0.4, 0.5) is 4.39 Å². The van der Waals surface area contributed by atoms with Gasteiger partial charge in [0.15, 0.2) is 0 Å². The summed E-state index contributed by atoms with van der Waals surface area (Å²) in [4.78, 5) is 23.8. The monoisotopic (exact) mass is 353 g/mol. The molecule has 21 heavy (non-hydrogen) atoms. The van der Waals surface area contributed by atoms with Crippen LogP contribution in [-0.2, 0) is 4.74 Å². The minimum absolute atomic E-state index is 0.262. The van der Waals surface area contributed by atoms with E-state index in [4.69, 9.17) is 0 Å². The van der Waals surface area contributed by atoms with Crippen LogP contribution in [0.1, 0.15) is 28.9 Å². The van der Waals surface area contributed by atoms with Crippen LogP contribution in [0.5, 0.6) is 0 Å². The molecule has 1 aromatic carbocycles. The molecule has 0 amide bonds. The zero-order valence-corrected chi connectivity index (χ0v) is 13.1. The van der Waals surface area contributed by atoms with E-state index in [-0.39, 0.29) is 27.5 Å². The van der Waals surface area contributed by atoms with E-state index in [2.05, 4.69) is 20.7 Å². The minimum Gasteiger partial charge on any atom is -0.465 e. The number of hydrogen-bond donors (Lipinski definition) is 0. The van der Waals surface area contributed by atoms with Crippen LogP contribution in [0.15, 0.2) is 45.8 Å². The van der Waals surface area contributed by atoms with Crippen LogP contribution in [0.2, 0.25) is 0 Å². The summed E-state index contributed by atoms with van der Waals surface area (Å²) in [6.07, 6.45) is 1.44. The summed E-state index contributed by atoms with van der Waals surface area (Å²) >= 11 is 3.15. The van der Waals surface area contributed by atoms with Gasteiger partial charge in [-0.25, -0.2) is 9.18 Å². The van der Waals surface area contributed by atoms with Crippen molar-refractivity contribution in [3.63, 3.8) is 0 Å². The molecule has 0 fully saturated rings. The molecule has 2 aromatic rings. The molecule has 1 aromatic heterocycles. The van der Waals surface area contributed by atoms with Gasteiger partial charge in [0.1, 0.15) is 5.82 Å². The highest BCUT2D eigenvalue weighted by molar-refractivity contribution is 9.10. The number of halogens is 2. The van der Waals surface area contributed by atoms with Gasteiger partial charge in [-0.05, 0) is 46.6 Å². The summed E-state index contributed by atoms with van der Waals surface area (Å²) in [6, 6.07) is 6.93. The van der Waals surface area contributed by atoms with Crippen LogP contribution >= 0.6 is 15.9 Å². The summed E-state index contributed by atoms with van der Waals surface area (Å²) in [5.74, 6) is -0.876. The fraction of sp³-hybridized carbons (Fsp3) is 0.200. The maximum Gasteiger partial charge on any atom is 0.339 e. The fourth-order valence-electron chi connectivity index (χ4n) is 1.99. The average Bonchev–Trinajstić information content (AvgIpc) is 2.49. The Morgan fingerprint density at radius 2 is 1.95 bits per heavy atom. The molecule has 1 heterocycles. The maximum atomic E-state index is 13.0. The van der Waals surface area contributed by atoms with Crippen molar-refractivity contribution in [2.24, 2.45) is 0 Å². The van der Waals surface area contributed by atoms with Gasteiger partial charge in [0, 0.05) is 6.20 Å². The number of aromatic nitrogens is 1. The molecule has 2 rings (SSSR count). The van der Waals surface area contributed by atoms with Gasteiger partial charge in [-0.15, -0.1) is 0 Å². The van der Waals surface area contributed by atoms with E-state index in [1.54, 1.807) is 19.1 Å². The van der Waals surface area contributed by atoms with Crippen LogP contribution in [0, 0.1) is 5.82 Å². The Hall–Kier alpha value is -1.95. The average molecular weight is 354 g/mol. The number of ether oxygens (including phenoxy) is 1. The molecule has 4 nitrogen and oxygen atoms in total. The quantitative estimate of drug-likeness (QED) is 0.796. The van der Waals surface area contributed by atoms with E-state index in [1.807, 2.05) is 0 Å². The summed E-state index contributed by atoms with van der Waals surface area (Å²) in [6.45, 7) is 1.79. The van der Waals surface area contributed by atoms with E-state index in [0.717, 1.165) is 5.56 Å². The highest BCUT2D eigenvalue weighted by Crippen LogP contribution is 2.19. The number of carbonyl (C=O) groups is 1. The standard InChI is InChI=1S/C15H13BrFNO3/c1-9(10-3-5-12(17)6-4-10)18-8-11(15(20)21-2)7-13(16)14(18)19/h3-9H,1-2H3. The van der Waals surface area contributed by atoms with E-state index in [1.165, 1.54) is 36.1 Å². The third-order valence-corrected chi connectivity index (χ3v) is 3.76. The SMILES string of the molecule is COC(=O)c1cc(Br)c(=O)n(C(C)c2ccc(F)cc2)c1. The molecule has 0 aliphatic carbocycles. The van der Waals surface area contributed by atoms with Crippen LogP contribution in [-0.4, -0.2) is 17.6 Å². The van der Waals surface area contributed by atoms with Gasteiger partial charge in [-0.2, -0.15) is 0 Å². The Kier molecular flexibility index (Phi) is 4.57. The normalized spacial score (nSPS) is 12.0. The number of hydrogen-bond acceptors (Lipinski definition) is 3. The second kappa shape index (κ2) is 6.22. The first kappa shape index (κ1) is 15.4. The molecular weight excluding hydrogens is 341 g/mol. The lowest BCUT2D eigenvalue weighted by molar-refractivity contribution is 0.0599. The number of rotatable bonds is 3. The van der Waals surface area contributed by atoms with Crippen molar-refractivity contribution in [2.45, 2.75) is 13.0 Å². The minimum atomic E-state index is -0.532. The molecule has 0 aliphatic heterocycles. The second-order valence-electron chi connectivity index (χ2n) is 4.51. The van der Waals surface area contributed by atoms with Gasteiger partial charge >= 0.3 is 5.97 Å². The third kappa shape index (κ3) is 3.21. The largest absolute Gasteiger partial charge is 0.465 e. The van der Waals surface area contributed by atoms with Crippen LogP contribution < -0.4 is 5.56 Å². The van der Waals surface area contributed by atoms with Gasteiger partial charge in [0.2, 0.25) is 0 Å². The van der Waals surface area contributed by atoms with Gasteiger partial charge in [0.05, 0.1) is 23.2 Å². The molecule has 1 unspecified atom stereocenters. The van der Waals surface area contributed by atoms with E-state index >= 15 is 0 Å². The highest BCUT2D eigenvalue weighted by atomic mass is 79.9. The molecule has 0 saturated heterocycles. The van der Waals surface area contributed by atoms with Crippen molar-refractivity contribution in [2.75, 3.05) is 7.11 Å². The summed E-state index contributed by atoms with van der Waals surface area (Å²) in [7, 11) is 1.27. The lowest BCUT2D eigenvalue weighted by atomic mass is 10.1. The van der Waals surface area contributed by atoms with Gasteiger partial charge in [0.25, 0.3) is 5.56 Å². The zero-order valence-electron chi connectivity index (χ0n) is 11.5. The smallest absolute Gasteiger partial charge is 0.339 e. The Morgan fingerprint density at radius 3 is 2.52 bits per heavy atom. The molecule has 0 radical (unpaired) electrons. The molecule has 0 aliphatic rings. The Labute approximate surface area is 129 Å². The second-order valence-corrected chi connectivity index (χ2v) is 5.36. The number of pyridine rings is 1. The summed E-state index contributed by atoms with van der Waals surface area (Å²) < 4.78 is 19.3. The number of esters is 1. The molecule has 6 heteroatoms. The number of benzene rings is 1. The van der Waals surface area contributed by atoms with Crippen molar-refractivity contribution in [1.82, 2.24) is 4.57 Å². The molecule has 0 bridgehead atoms. The molecule has 0 saturated carbocycles. The molecular formula is C15H13BrFNO3. The Balaban J connectivity index is 2.51. The molecule has 110 valence electrons. The van der Waals surface area contributed by atoms with Crippen molar-refractivity contribution in [1.29, 1.82) is 0 Å². The third-order valence-electron chi connectivity index (χ3n) is 3.19. The van der Waals surface area contributed by atoms with E-state index in [9.17, 15) is 14.0 Å². The first-order valence-electron chi connectivity index (χ1n) is 6.19. The first-order chi connectivity index (χ1) is 9.93. The summed E-state index contributed by atoms with van der Waals surface area (Å²) in [5, 5.41) is 0. The van der Waals surface area contributed by atoms with Crippen LogP contribution in [0.25, 0.3) is 0 Å². The van der Waals surface area contributed by atoms with Gasteiger partial charge in [-0.1, -0.05) is 12.1 Å². The maximum absolute atomic E-state index is 13.0. The van der Waals surface area contributed by atoms with E-state index < -0.39 is 5.97 Å². The van der Waals surface area contributed by atoms with Crippen molar-refractivity contribution in [3.05, 3.63) is 68.3 Å². The molecule has 0 spiro atoms. The van der Waals surface area contributed by atoms with E-state index in [0.29, 0.717) is 0 Å². The van der Waals surface area contributed by atoms with Crippen molar-refractivity contribution in [3.8, 4) is 0 Å².